The number of anilines is 2. The molecule has 126 valence electrons. The largest absolute Gasteiger partial charge is 0.459 e. The summed E-state index contributed by atoms with van der Waals surface area (Å²) in [7, 11) is 0. The number of carbonyl (C=O) groups excluding carboxylic acids is 2. The Kier molecular flexibility index (Phi) is 5.40. The zero-order valence-corrected chi connectivity index (χ0v) is 15.7. The molecule has 0 atom stereocenters. The van der Waals surface area contributed by atoms with Crippen molar-refractivity contribution >= 4 is 57.4 Å². The Bertz CT molecular complexity index is 909. The number of hydrogen-bond donors (Lipinski definition) is 2. The van der Waals surface area contributed by atoms with Crippen LogP contribution in [-0.4, -0.2) is 11.8 Å². The van der Waals surface area contributed by atoms with Gasteiger partial charge in [0.05, 0.1) is 17.0 Å². The lowest BCUT2D eigenvalue weighted by atomic mass is 10.2. The summed E-state index contributed by atoms with van der Waals surface area (Å²) in [6.45, 7) is 0. The molecule has 0 aliphatic carbocycles. The molecule has 3 aromatic rings. The number of nitrogens with one attached hydrogen (secondary N) is 2. The highest BCUT2D eigenvalue weighted by molar-refractivity contribution is 14.1. The van der Waals surface area contributed by atoms with E-state index in [9.17, 15) is 9.59 Å². The van der Waals surface area contributed by atoms with E-state index >= 15 is 0 Å². The van der Waals surface area contributed by atoms with Gasteiger partial charge in [-0.25, -0.2) is 0 Å². The van der Waals surface area contributed by atoms with E-state index in [2.05, 4.69) is 33.2 Å². The standard InChI is InChI=1S/C18H12ClIN2O3/c19-14-10-13(21-17(23)11-3-5-12(20)6-4-11)7-8-15(14)22-18(24)16-2-1-9-25-16/h1-10H,(H,21,23)(H,22,24). The second-order valence-electron chi connectivity index (χ2n) is 5.09. The molecule has 0 saturated carbocycles. The van der Waals surface area contributed by atoms with E-state index in [4.69, 9.17) is 16.0 Å². The number of carbonyl (C=O) groups is 2. The highest BCUT2D eigenvalue weighted by atomic mass is 127. The van der Waals surface area contributed by atoms with Crippen LogP contribution in [0.3, 0.4) is 0 Å². The van der Waals surface area contributed by atoms with Crippen molar-refractivity contribution in [1.82, 2.24) is 0 Å². The zero-order chi connectivity index (χ0) is 17.8. The van der Waals surface area contributed by atoms with Gasteiger partial charge in [0, 0.05) is 14.8 Å². The minimum absolute atomic E-state index is 0.187. The molecule has 3 rings (SSSR count). The average Bonchev–Trinajstić information content (AvgIpc) is 3.12. The van der Waals surface area contributed by atoms with Gasteiger partial charge in [-0.1, -0.05) is 11.6 Å². The van der Waals surface area contributed by atoms with E-state index in [1.807, 2.05) is 12.1 Å². The molecule has 1 aromatic heterocycles. The van der Waals surface area contributed by atoms with Crippen molar-refractivity contribution in [3.63, 3.8) is 0 Å². The van der Waals surface area contributed by atoms with E-state index < -0.39 is 5.91 Å². The molecule has 0 aliphatic rings. The molecule has 5 nitrogen and oxygen atoms in total. The molecule has 2 aromatic carbocycles. The smallest absolute Gasteiger partial charge is 0.291 e. The van der Waals surface area contributed by atoms with Crippen LogP contribution in [0.4, 0.5) is 11.4 Å². The molecule has 0 unspecified atom stereocenters. The van der Waals surface area contributed by atoms with Crippen molar-refractivity contribution in [2.45, 2.75) is 0 Å². The third-order valence-electron chi connectivity index (χ3n) is 3.33. The Balaban J connectivity index is 1.70. The summed E-state index contributed by atoms with van der Waals surface area (Å²) in [5, 5.41) is 5.73. The van der Waals surface area contributed by atoms with Gasteiger partial charge in [0.15, 0.2) is 5.76 Å². The molecule has 0 bridgehead atoms. The summed E-state index contributed by atoms with van der Waals surface area (Å²) in [4.78, 5) is 24.2. The number of furan rings is 1. The van der Waals surface area contributed by atoms with Crippen LogP contribution in [0.1, 0.15) is 20.9 Å². The highest BCUT2D eigenvalue weighted by Gasteiger charge is 2.12. The first-order valence-corrected chi connectivity index (χ1v) is 8.70. The predicted molar refractivity (Wildman–Crippen MR) is 105 cm³/mol. The Labute approximate surface area is 162 Å². The van der Waals surface area contributed by atoms with Gasteiger partial charge in [0.25, 0.3) is 11.8 Å². The van der Waals surface area contributed by atoms with Crippen LogP contribution in [0.25, 0.3) is 0 Å². The second-order valence-corrected chi connectivity index (χ2v) is 6.74. The quantitative estimate of drug-likeness (QED) is 0.529. The minimum Gasteiger partial charge on any atom is -0.459 e. The molecule has 0 aliphatic heterocycles. The van der Waals surface area contributed by atoms with Crippen molar-refractivity contribution in [1.29, 1.82) is 0 Å². The summed E-state index contributed by atoms with van der Waals surface area (Å²) in [6.07, 6.45) is 1.42. The first-order chi connectivity index (χ1) is 12.0. The fourth-order valence-electron chi connectivity index (χ4n) is 2.09. The van der Waals surface area contributed by atoms with Gasteiger partial charge >= 0.3 is 0 Å². The average molecular weight is 467 g/mol. The highest BCUT2D eigenvalue weighted by Crippen LogP contribution is 2.26. The summed E-state index contributed by atoms with van der Waals surface area (Å²) in [6, 6.07) is 15.2. The van der Waals surface area contributed by atoms with E-state index in [0.717, 1.165) is 3.57 Å². The van der Waals surface area contributed by atoms with Gasteiger partial charge in [-0.05, 0) is 77.2 Å². The third-order valence-corrected chi connectivity index (χ3v) is 4.36. The van der Waals surface area contributed by atoms with E-state index in [1.165, 1.54) is 6.26 Å². The van der Waals surface area contributed by atoms with Gasteiger partial charge in [0.1, 0.15) is 0 Å². The number of halogens is 2. The number of benzene rings is 2. The van der Waals surface area contributed by atoms with Gasteiger partial charge < -0.3 is 15.1 Å². The summed E-state index contributed by atoms with van der Waals surface area (Å²) < 4.78 is 6.08. The fourth-order valence-corrected chi connectivity index (χ4v) is 2.68. The van der Waals surface area contributed by atoms with Gasteiger partial charge in [0.2, 0.25) is 0 Å². The lowest BCUT2D eigenvalue weighted by Gasteiger charge is -2.09. The van der Waals surface area contributed by atoms with Crippen molar-refractivity contribution in [3.8, 4) is 0 Å². The van der Waals surface area contributed by atoms with E-state index in [0.29, 0.717) is 22.0 Å². The van der Waals surface area contributed by atoms with Crippen LogP contribution in [0.5, 0.6) is 0 Å². The monoisotopic (exact) mass is 466 g/mol. The Hall–Kier alpha value is -2.32. The SMILES string of the molecule is O=C(Nc1ccc(NC(=O)c2ccco2)c(Cl)c1)c1ccc(I)cc1. The first kappa shape index (κ1) is 17.5. The summed E-state index contributed by atoms with van der Waals surface area (Å²) in [5.74, 6) is -0.449. The topological polar surface area (TPSA) is 71.3 Å². The Morgan fingerprint density at radius 3 is 2.36 bits per heavy atom. The Morgan fingerprint density at radius 1 is 0.960 bits per heavy atom. The van der Waals surface area contributed by atoms with Gasteiger partial charge in [-0.2, -0.15) is 0 Å². The molecule has 2 amide bonds. The molecular formula is C18H12ClIN2O3. The maximum Gasteiger partial charge on any atom is 0.291 e. The molecule has 2 N–H and O–H groups in total. The first-order valence-electron chi connectivity index (χ1n) is 7.24. The van der Waals surface area contributed by atoms with Crippen molar-refractivity contribution in [3.05, 3.63) is 80.8 Å². The normalized spacial score (nSPS) is 10.3. The zero-order valence-electron chi connectivity index (χ0n) is 12.8. The van der Waals surface area contributed by atoms with Gasteiger partial charge in [-0.15, -0.1) is 0 Å². The molecular weight excluding hydrogens is 455 g/mol. The molecule has 0 radical (unpaired) electrons. The fraction of sp³-hybridized carbons (Fsp3) is 0. The van der Waals surface area contributed by atoms with Crippen molar-refractivity contribution < 1.29 is 14.0 Å². The van der Waals surface area contributed by atoms with Crippen molar-refractivity contribution in [2.75, 3.05) is 10.6 Å². The van der Waals surface area contributed by atoms with Crippen LogP contribution < -0.4 is 10.6 Å². The van der Waals surface area contributed by atoms with Crippen LogP contribution >= 0.6 is 34.2 Å². The van der Waals surface area contributed by atoms with Crippen LogP contribution in [-0.2, 0) is 0 Å². The maximum atomic E-state index is 12.2. The van der Waals surface area contributed by atoms with Gasteiger partial charge in [-0.3, -0.25) is 9.59 Å². The number of amides is 2. The van der Waals surface area contributed by atoms with Crippen molar-refractivity contribution in [2.24, 2.45) is 0 Å². The molecule has 25 heavy (non-hydrogen) atoms. The molecule has 0 spiro atoms. The maximum absolute atomic E-state index is 12.2. The molecule has 0 fully saturated rings. The van der Waals surface area contributed by atoms with E-state index in [1.54, 1.807) is 42.5 Å². The second kappa shape index (κ2) is 7.71. The summed E-state index contributed by atoms with van der Waals surface area (Å²) in [5.41, 5.74) is 1.51. The van der Waals surface area contributed by atoms with Crippen LogP contribution in [0, 0.1) is 3.57 Å². The predicted octanol–water partition coefficient (Wildman–Crippen LogP) is 5.04. The minimum atomic E-state index is -0.400. The summed E-state index contributed by atoms with van der Waals surface area (Å²) >= 11 is 8.36. The number of hydrogen-bond acceptors (Lipinski definition) is 3. The van der Waals surface area contributed by atoms with Crippen LogP contribution in [0.2, 0.25) is 5.02 Å². The molecule has 1 heterocycles. The lowest BCUT2D eigenvalue weighted by Crippen LogP contribution is -2.13. The Morgan fingerprint density at radius 2 is 1.72 bits per heavy atom. The molecule has 7 heteroatoms. The van der Waals surface area contributed by atoms with Crippen LogP contribution in [0.15, 0.2) is 65.3 Å². The lowest BCUT2D eigenvalue weighted by molar-refractivity contribution is 0.0994. The number of rotatable bonds is 4. The molecule has 0 saturated heterocycles. The van der Waals surface area contributed by atoms with E-state index in [-0.39, 0.29) is 11.7 Å². The third kappa shape index (κ3) is 4.40.